The molecular formula is C13H19F3N2. The molecule has 18 heavy (non-hydrogen) atoms. The lowest BCUT2D eigenvalue weighted by atomic mass is 9.75. The molecule has 2 atom stereocenters. The van der Waals surface area contributed by atoms with Crippen LogP contribution >= 0.6 is 0 Å². The highest BCUT2D eigenvalue weighted by Crippen LogP contribution is 2.42. The molecule has 2 unspecified atom stereocenters. The molecule has 0 bridgehead atoms. The standard InChI is InChI=1S/C13H19F3N2/c14-13(15,16)10-4-3-7-12(8-10,9-17)18-11-5-1-2-6-11/h10-11,18H,1-8H2. The quantitative estimate of drug-likeness (QED) is 0.824. The van der Waals surface area contributed by atoms with E-state index in [0.29, 0.717) is 12.8 Å². The van der Waals surface area contributed by atoms with Crippen molar-refractivity contribution in [2.75, 3.05) is 0 Å². The maximum atomic E-state index is 12.8. The largest absolute Gasteiger partial charge is 0.391 e. The molecule has 0 aromatic heterocycles. The minimum absolute atomic E-state index is 0.0799. The van der Waals surface area contributed by atoms with Gasteiger partial charge in [0, 0.05) is 6.04 Å². The van der Waals surface area contributed by atoms with Crippen molar-refractivity contribution in [3.63, 3.8) is 0 Å². The first-order chi connectivity index (χ1) is 8.45. The summed E-state index contributed by atoms with van der Waals surface area (Å²) in [6.45, 7) is 0. The van der Waals surface area contributed by atoms with Crippen molar-refractivity contribution >= 4 is 0 Å². The average molecular weight is 260 g/mol. The fourth-order valence-corrected chi connectivity index (χ4v) is 3.28. The van der Waals surface area contributed by atoms with Crippen molar-refractivity contribution < 1.29 is 13.2 Å². The van der Waals surface area contributed by atoms with Crippen LogP contribution in [0.1, 0.15) is 51.4 Å². The van der Waals surface area contributed by atoms with E-state index in [1.54, 1.807) is 0 Å². The Labute approximate surface area is 106 Å². The molecule has 2 aliphatic carbocycles. The molecule has 0 aromatic carbocycles. The number of alkyl halides is 3. The molecule has 0 aliphatic heterocycles. The summed E-state index contributed by atoms with van der Waals surface area (Å²) in [5.41, 5.74) is -0.951. The summed E-state index contributed by atoms with van der Waals surface area (Å²) in [6.07, 6.45) is 1.15. The fraction of sp³-hybridized carbons (Fsp3) is 0.923. The number of nitrogens with zero attached hydrogens (tertiary/aromatic N) is 1. The van der Waals surface area contributed by atoms with Crippen molar-refractivity contribution in [1.82, 2.24) is 5.32 Å². The second-order valence-corrected chi connectivity index (χ2v) is 5.65. The van der Waals surface area contributed by atoms with E-state index in [0.717, 1.165) is 25.7 Å². The van der Waals surface area contributed by atoms with E-state index in [4.69, 9.17) is 0 Å². The molecule has 1 N–H and O–H groups in total. The predicted octanol–water partition coefficient (Wildman–Crippen LogP) is 3.53. The van der Waals surface area contributed by atoms with Gasteiger partial charge in [-0.1, -0.05) is 12.8 Å². The molecule has 0 radical (unpaired) electrons. The molecular weight excluding hydrogens is 241 g/mol. The van der Waals surface area contributed by atoms with Crippen molar-refractivity contribution in [2.24, 2.45) is 5.92 Å². The van der Waals surface area contributed by atoms with Gasteiger partial charge >= 0.3 is 6.18 Å². The van der Waals surface area contributed by atoms with Gasteiger partial charge in [-0.15, -0.1) is 0 Å². The molecule has 102 valence electrons. The highest BCUT2D eigenvalue weighted by molar-refractivity contribution is 5.11. The van der Waals surface area contributed by atoms with Crippen LogP contribution in [0.2, 0.25) is 0 Å². The van der Waals surface area contributed by atoms with E-state index >= 15 is 0 Å². The first-order valence-corrected chi connectivity index (χ1v) is 6.71. The molecule has 2 nitrogen and oxygen atoms in total. The molecule has 0 aromatic rings. The summed E-state index contributed by atoms with van der Waals surface area (Å²) in [7, 11) is 0. The summed E-state index contributed by atoms with van der Waals surface area (Å²) in [5.74, 6) is -1.32. The summed E-state index contributed by atoms with van der Waals surface area (Å²) in [6, 6.07) is 2.37. The number of nitriles is 1. The van der Waals surface area contributed by atoms with Gasteiger partial charge in [0.1, 0.15) is 5.54 Å². The maximum absolute atomic E-state index is 12.8. The third-order valence-electron chi connectivity index (χ3n) is 4.26. The Morgan fingerprint density at radius 2 is 1.78 bits per heavy atom. The number of halogens is 3. The summed E-state index contributed by atoms with van der Waals surface area (Å²) >= 11 is 0. The van der Waals surface area contributed by atoms with Crippen LogP contribution in [0.25, 0.3) is 0 Å². The van der Waals surface area contributed by atoms with Gasteiger partial charge in [0.15, 0.2) is 0 Å². The molecule has 0 saturated heterocycles. The van der Waals surface area contributed by atoms with Crippen LogP contribution in [0.4, 0.5) is 13.2 Å². The van der Waals surface area contributed by atoms with Crippen molar-refractivity contribution in [3.8, 4) is 6.07 Å². The van der Waals surface area contributed by atoms with Gasteiger partial charge in [0.25, 0.3) is 0 Å². The van der Waals surface area contributed by atoms with Gasteiger partial charge in [-0.3, -0.25) is 5.32 Å². The van der Waals surface area contributed by atoms with Gasteiger partial charge < -0.3 is 0 Å². The molecule has 5 heteroatoms. The highest BCUT2D eigenvalue weighted by atomic mass is 19.4. The summed E-state index contributed by atoms with van der Waals surface area (Å²) in [4.78, 5) is 0. The Kier molecular flexibility index (Phi) is 3.86. The SMILES string of the molecule is N#CC1(NC2CCCC2)CCCC(C(F)(F)F)C1. The van der Waals surface area contributed by atoms with Crippen molar-refractivity contribution in [1.29, 1.82) is 5.26 Å². The van der Waals surface area contributed by atoms with Crippen LogP contribution in [-0.2, 0) is 0 Å². The third kappa shape index (κ3) is 2.97. The third-order valence-corrected chi connectivity index (χ3v) is 4.26. The summed E-state index contributed by atoms with van der Waals surface area (Å²) in [5, 5.41) is 12.5. The predicted molar refractivity (Wildman–Crippen MR) is 61.7 cm³/mol. The Balaban J connectivity index is 2.04. The normalized spacial score (nSPS) is 34.4. The minimum Gasteiger partial charge on any atom is -0.297 e. The van der Waals surface area contributed by atoms with Crippen LogP contribution in [0.3, 0.4) is 0 Å². The van der Waals surface area contributed by atoms with E-state index < -0.39 is 17.6 Å². The van der Waals surface area contributed by atoms with E-state index in [2.05, 4.69) is 11.4 Å². The monoisotopic (exact) mass is 260 g/mol. The first-order valence-electron chi connectivity index (χ1n) is 6.71. The van der Waals surface area contributed by atoms with Crippen LogP contribution in [0.15, 0.2) is 0 Å². The zero-order valence-corrected chi connectivity index (χ0v) is 10.4. The van der Waals surface area contributed by atoms with Crippen LogP contribution < -0.4 is 5.32 Å². The number of nitrogens with one attached hydrogen (secondary N) is 1. The van der Waals surface area contributed by atoms with Crippen molar-refractivity contribution in [2.45, 2.75) is 69.1 Å². The number of hydrogen-bond acceptors (Lipinski definition) is 2. The minimum atomic E-state index is -4.17. The van der Waals surface area contributed by atoms with Crippen LogP contribution in [-0.4, -0.2) is 17.8 Å². The lowest BCUT2D eigenvalue weighted by Gasteiger charge is -2.39. The van der Waals surface area contributed by atoms with Gasteiger partial charge in [0.2, 0.25) is 0 Å². The summed E-state index contributed by atoms with van der Waals surface area (Å²) < 4.78 is 38.4. The molecule has 2 fully saturated rings. The van der Waals surface area contributed by atoms with Gasteiger partial charge in [0.05, 0.1) is 12.0 Å². The zero-order valence-electron chi connectivity index (χ0n) is 10.4. The maximum Gasteiger partial charge on any atom is 0.391 e. The molecule has 2 rings (SSSR count). The van der Waals surface area contributed by atoms with Gasteiger partial charge in [-0.2, -0.15) is 18.4 Å². The van der Waals surface area contributed by atoms with Crippen molar-refractivity contribution in [3.05, 3.63) is 0 Å². The van der Waals surface area contributed by atoms with E-state index in [-0.39, 0.29) is 18.9 Å². The Morgan fingerprint density at radius 1 is 1.11 bits per heavy atom. The molecule has 2 saturated carbocycles. The van der Waals surface area contributed by atoms with E-state index in [9.17, 15) is 18.4 Å². The molecule has 0 heterocycles. The highest BCUT2D eigenvalue weighted by Gasteiger charge is 2.48. The van der Waals surface area contributed by atoms with Crippen LogP contribution in [0.5, 0.6) is 0 Å². The molecule has 0 amide bonds. The fourth-order valence-electron chi connectivity index (χ4n) is 3.28. The first kappa shape index (κ1) is 13.7. The zero-order chi connectivity index (χ0) is 13.2. The Morgan fingerprint density at radius 3 is 2.33 bits per heavy atom. The van der Waals surface area contributed by atoms with E-state index in [1.165, 1.54) is 0 Å². The number of hydrogen-bond donors (Lipinski definition) is 1. The lowest BCUT2D eigenvalue weighted by Crippen LogP contribution is -2.53. The van der Waals surface area contributed by atoms with E-state index in [1.807, 2.05) is 0 Å². The number of rotatable bonds is 2. The molecule has 0 spiro atoms. The average Bonchev–Trinajstić information content (AvgIpc) is 2.81. The Hall–Kier alpha value is -0.760. The van der Waals surface area contributed by atoms with Gasteiger partial charge in [-0.05, 0) is 38.5 Å². The van der Waals surface area contributed by atoms with Crippen LogP contribution in [0, 0.1) is 17.2 Å². The second-order valence-electron chi connectivity index (χ2n) is 5.65. The lowest BCUT2D eigenvalue weighted by molar-refractivity contribution is -0.186. The smallest absolute Gasteiger partial charge is 0.297 e. The van der Waals surface area contributed by atoms with Gasteiger partial charge in [-0.25, -0.2) is 0 Å². The second kappa shape index (κ2) is 5.08. The molecule has 2 aliphatic rings. The Bertz CT molecular complexity index is 328. The topological polar surface area (TPSA) is 35.8 Å².